The van der Waals surface area contributed by atoms with E-state index >= 15 is 0 Å². The number of imidazole rings is 1. The number of likely N-dealkylation sites (tertiary alicyclic amines) is 1. The van der Waals surface area contributed by atoms with E-state index in [1.807, 2.05) is 48.3 Å². The highest BCUT2D eigenvalue weighted by molar-refractivity contribution is 5.78. The number of para-hydroxylation sites is 2. The Morgan fingerprint density at radius 3 is 2.89 bits per heavy atom. The molecule has 2 aromatic heterocycles. The molecule has 1 aliphatic heterocycles. The van der Waals surface area contributed by atoms with E-state index in [4.69, 9.17) is 4.98 Å². The second-order valence-electron chi connectivity index (χ2n) is 7.35. The van der Waals surface area contributed by atoms with E-state index in [-0.39, 0.29) is 11.8 Å². The Morgan fingerprint density at radius 2 is 2.07 bits per heavy atom. The number of pyridine rings is 1. The zero-order chi connectivity index (χ0) is 18.6. The fourth-order valence-electron chi connectivity index (χ4n) is 3.78. The number of amides is 1. The van der Waals surface area contributed by atoms with Gasteiger partial charge in [0.05, 0.1) is 17.6 Å². The number of hydrogen-bond donors (Lipinski definition) is 1. The molecular formula is C21H25N5O. The van der Waals surface area contributed by atoms with E-state index in [9.17, 15) is 4.79 Å². The number of piperidine rings is 1. The molecule has 1 atom stereocenters. The van der Waals surface area contributed by atoms with Gasteiger partial charge in [0, 0.05) is 37.9 Å². The van der Waals surface area contributed by atoms with Gasteiger partial charge in [0.15, 0.2) is 0 Å². The topological polar surface area (TPSA) is 65.1 Å². The second kappa shape index (κ2) is 7.88. The van der Waals surface area contributed by atoms with Crippen molar-refractivity contribution in [3.8, 4) is 0 Å². The average molecular weight is 363 g/mol. The van der Waals surface area contributed by atoms with Crippen LogP contribution in [0.1, 0.15) is 30.1 Å². The number of rotatable bonds is 5. The van der Waals surface area contributed by atoms with Crippen LogP contribution in [0.2, 0.25) is 0 Å². The molecule has 1 N–H and O–H groups in total. The lowest BCUT2D eigenvalue weighted by molar-refractivity contribution is -0.133. The van der Waals surface area contributed by atoms with E-state index in [2.05, 4.69) is 14.9 Å². The summed E-state index contributed by atoms with van der Waals surface area (Å²) in [5, 5.41) is 0. The van der Waals surface area contributed by atoms with Crippen LogP contribution in [-0.4, -0.2) is 57.3 Å². The zero-order valence-corrected chi connectivity index (χ0v) is 15.6. The van der Waals surface area contributed by atoms with Crippen LogP contribution in [0.4, 0.5) is 0 Å². The van der Waals surface area contributed by atoms with Gasteiger partial charge in [-0.2, -0.15) is 0 Å². The van der Waals surface area contributed by atoms with Crippen LogP contribution in [-0.2, 0) is 11.3 Å². The summed E-state index contributed by atoms with van der Waals surface area (Å²) in [6.07, 6.45) is 5.65. The van der Waals surface area contributed by atoms with E-state index in [1.54, 1.807) is 12.4 Å². The Morgan fingerprint density at radius 1 is 1.26 bits per heavy atom. The van der Waals surface area contributed by atoms with Crippen LogP contribution in [0.3, 0.4) is 0 Å². The van der Waals surface area contributed by atoms with Crippen molar-refractivity contribution in [2.75, 3.05) is 26.7 Å². The number of nitrogens with one attached hydrogen (secondary N) is 1. The minimum absolute atomic E-state index is 0.187. The first-order valence-corrected chi connectivity index (χ1v) is 9.49. The minimum atomic E-state index is 0.187. The molecule has 0 spiro atoms. The minimum Gasteiger partial charge on any atom is -0.342 e. The Balaban J connectivity index is 1.37. The Bertz CT molecular complexity index is 874. The molecule has 1 saturated heterocycles. The van der Waals surface area contributed by atoms with Gasteiger partial charge in [-0.15, -0.1) is 0 Å². The van der Waals surface area contributed by atoms with Crippen molar-refractivity contribution >= 4 is 16.9 Å². The Labute approximate surface area is 159 Å². The number of hydrogen-bond acceptors (Lipinski definition) is 4. The molecule has 4 rings (SSSR count). The van der Waals surface area contributed by atoms with Crippen molar-refractivity contribution in [3.63, 3.8) is 0 Å². The quantitative estimate of drug-likeness (QED) is 0.757. The summed E-state index contributed by atoms with van der Waals surface area (Å²) in [6.45, 7) is 2.74. The number of benzene rings is 1. The first-order valence-electron chi connectivity index (χ1n) is 9.49. The predicted octanol–water partition coefficient (Wildman–Crippen LogP) is 2.80. The lowest BCUT2D eigenvalue weighted by Crippen LogP contribution is -2.43. The zero-order valence-electron chi connectivity index (χ0n) is 15.6. The highest BCUT2D eigenvalue weighted by Gasteiger charge is 2.27. The summed E-state index contributed by atoms with van der Waals surface area (Å²) in [7, 11) is 1.99. The van der Waals surface area contributed by atoms with Crippen LogP contribution in [0, 0.1) is 0 Å². The largest absolute Gasteiger partial charge is 0.342 e. The first kappa shape index (κ1) is 17.7. The van der Waals surface area contributed by atoms with Gasteiger partial charge in [0.1, 0.15) is 5.82 Å². The third-order valence-electron chi connectivity index (χ3n) is 5.18. The van der Waals surface area contributed by atoms with Gasteiger partial charge in [-0.05, 0) is 49.7 Å². The van der Waals surface area contributed by atoms with E-state index in [0.29, 0.717) is 6.54 Å². The van der Waals surface area contributed by atoms with Gasteiger partial charge in [0.25, 0.3) is 0 Å². The number of carbonyl (C=O) groups is 1. The molecule has 6 nitrogen and oxygen atoms in total. The molecule has 1 fully saturated rings. The molecule has 6 heteroatoms. The lowest BCUT2D eigenvalue weighted by atomic mass is 9.97. The number of fused-ring (bicyclic) bond motifs is 1. The number of aromatic nitrogens is 3. The van der Waals surface area contributed by atoms with Crippen LogP contribution >= 0.6 is 0 Å². The smallest absolute Gasteiger partial charge is 0.236 e. The predicted molar refractivity (Wildman–Crippen MR) is 105 cm³/mol. The van der Waals surface area contributed by atoms with Crippen molar-refractivity contribution in [2.24, 2.45) is 0 Å². The number of carbonyl (C=O) groups excluding carboxylic acids is 1. The maximum Gasteiger partial charge on any atom is 0.236 e. The fourth-order valence-corrected chi connectivity index (χ4v) is 3.78. The van der Waals surface area contributed by atoms with Crippen LogP contribution in [0.15, 0.2) is 48.8 Å². The van der Waals surface area contributed by atoms with Crippen LogP contribution in [0.5, 0.6) is 0 Å². The molecule has 1 amide bonds. The lowest BCUT2D eigenvalue weighted by Gasteiger charge is -2.33. The summed E-state index contributed by atoms with van der Waals surface area (Å²) in [6, 6.07) is 12.1. The van der Waals surface area contributed by atoms with Crippen molar-refractivity contribution < 1.29 is 4.79 Å². The highest BCUT2D eigenvalue weighted by Crippen LogP contribution is 2.26. The van der Waals surface area contributed by atoms with Crippen molar-refractivity contribution in [1.82, 2.24) is 24.8 Å². The SMILES string of the molecule is CN(CC(=O)N1CCC[C@H](c2nc3ccccc3[nH]2)C1)Cc1ccncc1. The summed E-state index contributed by atoms with van der Waals surface area (Å²) >= 11 is 0. The van der Waals surface area contributed by atoms with Crippen LogP contribution in [0.25, 0.3) is 11.0 Å². The van der Waals surface area contributed by atoms with E-state index in [0.717, 1.165) is 49.3 Å². The van der Waals surface area contributed by atoms with Gasteiger partial charge in [-0.1, -0.05) is 12.1 Å². The standard InChI is InChI=1S/C21H25N5O/c1-25(13-16-8-10-22-11-9-16)15-20(27)26-12-4-5-17(14-26)21-23-18-6-2-3-7-19(18)24-21/h2-3,6-11,17H,4-5,12-15H2,1H3,(H,23,24)/t17-/m0/s1. The highest BCUT2D eigenvalue weighted by atomic mass is 16.2. The van der Waals surface area contributed by atoms with Gasteiger partial charge >= 0.3 is 0 Å². The van der Waals surface area contributed by atoms with Crippen LogP contribution < -0.4 is 0 Å². The maximum atomic E-state index is 12.8. The summed E-state index contributed by atoms with van der Waals surface area (Å²) in [5.41, 5.74) is 3.22. The average Bonchev–Trinajstić information content (AvgIpc) is 3.13. The third-order valence-corrected chi connectivity index (χ3v) is 5.18. The number of likely N-dealkylation sites (N-methyl/N-ethyl adjacent to an activating group) is 1. The Hall–Kier alpha value is -2.73. The van der Waals surface area contributed by atoms with Gasteiger partial charge < -0.3 is 9.88 Å². The molecule has 0 aliphatic carbocycles. The van der Waals surface area contributed by atoms with E-state index in [1.165, 1.54) is 5.56 Å². The molecule has 140 valence electrons. The molecule has 1 aliphatic rings. The number of nitrogens with zero attached hydrogens (tertiary/aromatic N) is 4. The first-order chi connectivity index (χ1) is 13.2. The summed E-state index contributed by atoms with van der Waals surface area (Å²) < 4.78 is 0. The Kier molecular flexibility index (Phi) is 5.16. The number of H-pyrrole nitrogens is 1. The second-order valence-corrected chi connectivity index (χ2v) is 7.35. The normalized spacial score (nSPS) is 17.6. The molecule has 27 heavy (non-hydrogen) atoms. The van der Waals surface area contributed by atoms with E-state index < -0.39 is 0 Å². The monoisotopic (exact) mass is 363 g/mol. The number of aromatic amines is 1. The molecule has 0 radical (unpaired) electrons. The van der Waals surface area contributed by atoms with Gasteiger partial charge in [-0.25, -0.2) is 4.98 Å². The molecule has 3 aromatic rings. The fraction of sp³-hybridized carbons (Fsp3) is 0.381. The van der Waals surface area contributed by atoms with Crippen molar-refractivity contribution in [3.05, 3.63) is 60.2 Å². The third kappa shape index (κ3) is 4.17. The molecule has 3 heterocycles. The summed E-state index contributed by atoms with van der Waals surface area (Å²) in [5.74, 6) is 1.46. The van der Waals surface area contributed by atoms with Gasteiger partial charge in [0.2, 0.25) is 5.91 Å². The molecule has 1 aromatic carbocycles. The molecular weight excluding hydrogens is 338 g/mol. The molecule has 0 saturated carbocycles. The van der Waals surface area contributed by atoms with Gasteiger partial charge in [-0.3, -0.25) is 14.7 Å². The maximum absolute atomic E-state index is 12.8. The van der Waals surface area contributed by atoms with Crippen molar-refractivity contribution in [1.29, 1.82) is 0 Å². The molecule has 0 bridgehead atoms. The van der Waals surface area contributed by atoms with Crippen molar-refractivity contribution in [2.45, 2.75) is 25.3 Å². The molecule has 0 unspecified atom stereocenters. The summed E-state index contributed by atoms with van der Waals surface area (Å²) in [4.78, 5) is 29.0.